The molecule has 0 fully saturated rings. The smallest absolute Gasteiger partial charge is 0.165 e. The van der Waals surface area contributed by atoms with Crippen molar-refractivity contribution in [2.24, 2.45) is 0 Å². The van der Waals surface area contributed by atoms with Crippen LogP contribution in [0.25, 0.3) is 5.65 Å². The number of rotatable bonds is 2. The second kappa shape index (κ2) is 5.25. The first-order valence-corrected chi connectivity index (χ1v) is 7.82. The van der Waals surface area contributed by atoms with Gasteiger partial charge in [0.15, 0.2) is 11.3 Å². The molecule has 0 bridgehead atoms. The molecule has 0 saturated heterocycles. The lowest BCUT2D eigenvalue weighted by molar-refractivity contribution is 0.797. The molecule has 0 atom stereocenters. The Morgan fingerprint density at radius 1 is 1.35 bits per heavy atom. The third-order valence-corrected chi connectivity index (χ3v) is 4.42. The van der Waals surface area contributed by atoms with E-state index in [4.69, 9.17) is 16.9 Å². The molecule has 3 heterocycles. The van der Waals surface area contributed by atoms with Gasteiger partial charge in [0.05, 0.1) is 0 Å². The zero-order valence-corrected chi connectivity index (χ0v) is 13.4. The monoisotopic (exact) mass is 323 g/mol. The van der Waals surface area contributed by atoms with Gasteiger partial charge in [0, 0.05) is 35.4 Å². The lowest BCUT2D eigenvalue weighted by Crippen LogP contribution is -2.22. The molecule has 5 nitrogen and oxygen atoms in total. The molecular formula is C17H14ClN5. The minimum Gasteiger partial charge on any atom is -0.352 e. The van der Waals surface area contributed by atoms with E-state index in [0.29, 0.717) is 5.69 Å². The molecule has 4 rings (SSSR count). The summed E-state index contributed by atoms with van der Waals surface area (Å²) in [4.78, 5) is 6.85. The fourth-order valence-corrected chi connectivity index (χ4v) is 3.38. The van der Waals surface area contributed by atoms with Gasteiger partial charge in [-0.2, -0.15) is 14.9 Å². The van der Waals surface area contributed by atoms with Gasteiger partial charge >= 0.3 is 0 Å². The van der Waals surface area contributed by atoms with E-state index in [-0.39, 0.29) is 0 Å². The Morgan fingerprint density at radius 2 is 2.22 bits per heavy atom. The van der Waals surface area contributed by atoms with Crippen LogP contribution in [-0.2, 0) is 13.0 Å². The highest BCUT2D eigenvalue weighted by atomic mass is 35.5. The molecular weight excluding hydrogens is 310 g/mol. The molecule has 1 aromatic carbocycles. The van der Waals surface area contributed by atoms with Crippen LogP contribution < -0.4 is 4.90 Å². The molecule has 0 spiro atoms. The summed E-state index contributed by atoms with van der Waals surface area (Å²) < 4.78 is 1.79. The Bertz CT molecular complexity index is 954. The zero-order valence-electron chi connectivity index (χ0n) is 12.6. The first kappa shape index (κ1) is 14.0. The van der Waals surface area contributed by atoms with E-state index in [9.17, 15) is 0 Å². The van der Waals surface area contributed by atoms with Crippen molar-refractivity contribution < 1.29 is 0 Å². The van der Waals surface area contributed by atoms with E-state index in [1.165, 1.54) is 5.56 Å². The molecule has 0 unspecified atom stereocenters. The average molecular weight is 324 g/mol. The number of hydrogen-bond donors (Lipinski definition) is 0. The number of aromatic nitrogens is 3. The number of aryl methyl sites for hydroxylation is 1. The summed E-state index contributed by atoms with van der Waals surface area (Å²) in [5, 5.41) is 14.2. The number of nitriles is 1. The number of benzene rings is 1. The predicted molar refractivity (Wildman–Crippen MR) is 88.6 cm³/mol. The van der Waals surface area contributed by atoms with Gasteiger partial charge in [-0.15, -0.1) is 0 Å². The number of anilines is 1. The van der Waals surface area contributed by atoms with Crippen molar-refractivity contribution in [3.05, 3.63) is 57.9 Å². The summed E-state index contributed by atoms with van der Waals surface area (Å²) in [7, 11) is 0. The van der Waals surface area contributed by atoms with Crippen LogP contribution in [0.2, 0.25) is 5.02 Å². The van der Waals surface area contributed by atoms with Crippen LogP contribution in [0.4, 0.5) is 5.82 Å². The fourth-order valence-electron chi connectivity index (χ4n) is 3.17. The van der Waals surface area contributed by atoms with Crippen LogP contribution in [0.1, 0.15) is 22.5 Å². The van der Waals surface area contributed by atoms with Crippen molar-refractivity contribution in [2.45, 2.75) is 19.9 Å². The Morgan fingerprint density at radius 3 is 3.00 bits per heavy atom. The van der Waals surface area contributed by atoms with Crippen molar-refractivity contribution in [3.63, 3.8) is 0 Å². The fraction of sp³-hybridized carbons (Fsp3) is 0.235. The second-order valence-electron chi connectivity index (χ2n) is 5.71. The molecule has 1 aliphatic rings. The molecule has 114 valence electrons. The largest absolute Gasteiger partial charge is 0.352 e. The molecule has 6 heteroatoms. The first-order chi connectivity index (χ1) is 11.2. The number of hydrogen-bond acceptors (Lipinski definition) is 4. The quantitative estimate of drug-likeness (QED) is 0.727. The van der Waals surface area contributed by atoms with Crippen LogP contribution in [0, 0.1) is 18.3 Å². The lowest BCUT2D eigenvalue weighted by Gasteiger charge is -2.20. The van der Waals surface area contributed by atoms with E-state index in [0.717, 1.165) is 47.3 Å². The summed E-state index contributed by atoms with van der Waals surface area (Å²) in [6.07, 6.45) is 0.937. The molecule has 0 radical (unpaired) electrons. The average Bonchev–Trinajstić information content (AvgIpc) is 3.11. The lowest BCUT2D eigenvalue weighted by atomic mass is 10.2. The van der Waals surface area contributed by atoms with Crippen molar-refractivity contribution in [2.75, 3.05) is 11.4 Å². The van der Waals surface area contributed by atoms with E-state index < -0.39 is 0 Å². The van der Waals surface area contributed by atoms with E-state index >= 15 is 0 Å². The van der Waals surface area contributed by atoms with Gasteiger partial charge in [0.2, 0.25) is 0 Å². The zero-order chi connectivity index (χ0) is 16.0. The third-order valence-electron chi connectivity index (χ3n) is 4.19. The molecule has 2 aromatic heterocycles. The first-order valence-electron chi connectivity index (χ1n) is 7.44. The van der Waals surface area contributed by atoms with Crippen molar-refractivity contribution in [1.82, 2.24) is 14.6 Å². The molecule has 1 aliphatic heterocycles. The van der Waals surface area contributed by atoms with Crippen molar-refractivity contribution in [1.29, 1.82) is 5.26 Å². The summed E-state index contributed by atoms with van der Waals surface area (Å²) >= 11 is 6.09. The number of halogens is 1. The Labute approximate surface area is 138 Å². The second-order valence-corrected chi connectivity index (χ2v) is 6.15. The Balaban J connectivity index is 1.82. The SMILES string of the molecule is Cc1nc2cc(C#N)nn2c2c1CCN2Cc1cccc(Cl)c1. The van der Waals surface area contributed by atoms with Crippen LogP contribution >= 0.6 is 11.6 Å². The summed E-state index contributed by atoms with van der Waals surface area (Å²) in [5.74, 6) is 1.04. The third kappa shape index (κ3) is 2.32. The molecule has 23 heavy (non-hydrogen) atoms. The predicted octanol–water partition coefficient (Wildman–Crippen LogP) is 3.13. The minimum atomic E-state index is 0.389. The van der Waals surface area contributed by atoms with Gasteiger partial charge < -0.3 is 4.90 Å². The van der Waals surface area contributed by atoms with Crippen LogP contribution in [0.3, 0.4) is 0 Å². The Kier molecular flexibility index (Phi) is 3.21. The maximum atomic E-state index is 9.11. The molecule has 0 amide bonds. The van der Waals surface area contributed by atoms with Crippen LogP contribution in [0.15, 0.2) is 30.3 Å². The molecule has 0 N–H and O–H groups in total. The highest BCUT2D eigenvalue weighted by Gasteiger charge is 2.26. The van der Waals surface area contributed by atoms with Crippen LogP contribution in [0.5, 0.6) is 0 Å². The van der Waals surface area contributed by atoms with Gasteiger partial charge in [-0.1, -0.05) is 23.7 Å². The van der Waals surface area contributed by atoms with Gasteiger partial charge in [-0.25, -0.2) is 4.98 Å². The van der Waals surface area contributed by atoms with Crippen molar-refractivity contribution in [3.8, 4) is 6.07 Å². The highest BCUT2D eigenvalue weighted by Crippen LogP contribution is 2.32. The summed E-state index contributed by atoms with van der Waals surface area (Å²) in [6.45, 7) is 3.68. The van der Waals surface area contributed by atoms with Gasteiger partial charge in [0.1, 0.15) is 11.9 Å². The molecule has 0 aliphatic carbocycles. The number of nitrogens with zero attached hydrogens (tertiary/aromatic N) is 5. The normalized spacial score (nSPS) is 13.3. The van der Waals surface area contributed by atoms with E-state index in [1.54, 1.807) is 10.6 Å². The maximum Gasteiger partial charge on any atom is 0.165 e. The van der Waals surface area contributed by atoms with Gasteiger partial charge in [-0.3, -0.25) is 0 Å². The highest BCUT2D eigenvalue weighted by molar-refractivity contribution is 6.30. The van der Waals surface area contributed by atoms with Crippen LogP contribution in [-0.4, -0.2) is 21.1 Å². The minimum absolute atomic E-state index is 0.389. The standard InChI is InChI=1S/C17H14ClN5/c1-11-15-5-6-22(10-12-3-2-4-13(18)7-12)17(15)23-16(20-11)8-14(9-19)21-23/h2-4,7-8H,5-6,10H2,1H3. The summed E-state index contributed by atoms with van der Waals surface area (Å²) in [6, 6.07) is 11.7. The van der Waals surface area contributed by atoms with Gasteiger partial charge in [0.25, 0.3) is 0 Å². The molecule has 3 aromatic rings. The molecule has 0 saturated carbocycles. The topological polar surface area (TPSA) is 57.2 Å². The van der Waals surface area contributed by atoms with Gasteiger partial charge in [-0.05, 0) is 31.0 Å². The van der Waals surface area contributed by atoms with E-state index in [1.807, 2.05) is 25.1 Å². The maximum absolute atomic E-state index is 9.11. The Hall–Kier alpha value is -2.58. The van der Waals surface area contributed by atoms with E-state index in [2.05, 4.69) is 27.1 Å². The number of fused-ring (bicyclic) bond motifs is 3. The summed E-state index contributed by atoms with van der Waals surface area (Å²) in [5.41, 5.74) is 4.47. The van der Waals surface area contributed by atoms with Crippen molar-refractivity contribution >= 4 is 23.1 Å².